The van der Waals surface area contributed by atoms with Gasteiger partial charge in [-0.05, 0) is 36.5 Å². The molecule has 6 heteroatoms. The second-order valence-electron chi connectivity index (χ2n) is 6.70. The molecule has 1 aliphatic carbocycles. The van der Waals surface area contributed by atoms with Gasteiger partial charge >= 0.3 is 0 Å². The quantitative estimate of drug-likeness (QED) is 0.854. The maximum absolute atomic E-state index is 11.4. The van der Waals surface area contributed by atoms with E-state index in [0.717, 1.165) is 27.9 Å². The van der Waals surface area contributed by atoms with E-state index < -0.39 is 0 Å². The molecule has 1 saturated carbocycles. The Morgan fingerprint density at radius 2 is 2.08 bits per heavy atom. The number of amidine groups is 1. The highest BCUT2D eigenvalue weighted by Gasteiger charge is 2.22. The summed E-state index contributed by atoms with van der Waals surface area (Å²) in [7, 11) is 0. The number of rotatable bonds is 4. The third-order valence-corrected chi connectivity index (χ3v) is 5.69. The fourth-order valence-corrected chi connectivity index (χ4v) is 3.99. The van der Waals surface area contributed by atoms with E-state index in [2.05, 4.69) is 22.8 Å². The Bertz CT molecular complexity index is 669. The van der Waals surface area contributed by atoms with Crippen LogP contribution in [0.15, 0.2) is 34.4 Å². The molecular formula is C19H26N4OS. The van der Waals surface area contributed by atoms with E-state index >= 15 is 0 Å². The van der Waals surface area contributed by atoms with Gasteiger partial charge < -0.3 is 5.32 Å². The van der Waals surface area contributed by atoms with Crippen molar-refractivity contribution in [3.8, 4) is 0 Å². The van der Waals surface area contributed by atoms with Gasteiger partial charge in [-0.25, -0.2) is 0 Å². The molecule has 1 amide bonds. The second kappa shape index (κ2) is 8.52. The Morgan fingerprint density at radius 1 is 1.32 bits per heavy atom. The van der Waals surface area contributed by atoms with Crippen molar-refractivity contribution < 1.29 is 4.79 Å². The van der Waals surface area contributed by atoms with Gasteiger partial charge in [-0.2, -0.15) is 5.10 Å². The van der Waals surface area contributed by atoms with Gasteiger partial charge in [0.2, 0.25) is 5.91 Å². The Hall–Kier alpha value is -1.82. The minimum absolute atomic E-state index is 0.0257. The van der Waals surface area contributed by atoms with Gasteiger partial charge in [0, 0.05) is 17.9 Å². The topological polar surface area (TPSA) is 65.8 Å². The first-order valence-electron chi connectivity index (χ1n) is 9.09. The number of carbonyl (C=O) groups excluding carboxylic acids is 1. The van der Waals surface area contributed by atoms with Crippen LogP contribution in [-0.4, -0.2) is 28.6 Å². The van der Waals surface area contributed by atoms with E-state index in [-0.39, 0.29) is 5.91 Å². The molecule has 3 rings (SSSR count). The minimum atomic E-state index is 0.0257. The molecule has 0 bridgehead atoms. The fourth-order valence-electron chi connectivity index (χ4n) is 3.17. The molecule has 1 aromatic carbocycles. The van der Waals surface area contributed by atoms with Crippen LogP contribution in [0.3, 0.4) is 0 Å². The monoisotopic (exact) mass is 358 g/mol. The fraction of sp³-hybridized carbons (Fsp3) is 0.526. The minimum Gasteiger partial charge on any atom is -0.326 e. The largest absolute Gasteiger partial charge is 0.326 e. The van der Waals surface area contributed by atoms with Crippen molar-refractivity contribution in [3.05, 3.63) is 29.8 Å². The van der Waals surface area contributed by atoms with Gasteiger partial charge in [-0.15, -0.1) is 0 Å². The van der Waals surface area contributed by atoms with Gasteiger partial charge in [-0.1, -0.05) is 50.6 Å². The molecule has 1 fully saturated rings. The summed E-state index contributed by atoms with van der Waals surface area (Å²) in [5.41, 5.74) is 6.02. The number of nitrogens with one attached hydrogen (secondary N) is 2. The average molecular weight is 359 g/mol. The second-order valence-corrected chi connectivity index (χ2v) is 7.67. The lowest BCUT2D eigenvalue weighted by Crippen LogP contribution is -2.29. The Kier molecular flexibility index (Phi) is 6.13. The summed E-state index contributed by atoms with van der Waals surface area (Å²) < 4.78 is 0. The summed E-state index contributed by atoms with van der Waals surface area (Å²) in [5.74, 6) is 1.51. The highest BCUT2D eigenvalue weighted by molar-refractivity contribution is 8.14. The van der Waals surface area contributed by atoms with Gasteiger partial charge in [-0.3, -0.25) is 15.2 Å². The summed E-state index contributed by atoms with van der Waals surface area (Å²) >= 11 is 1.72. The zero-order valence-corrected chi connectivity index (χ0v) is 15.7. The van der Waals surface area contributed by atoms with Gasteiger partial charge in [0.25, 0.3) is 0 Å². The van der Waals surface area contributed by atoms with E-state index in [0.29, 0.717) is 18.4 Å². The first-order valence-corrected chi connectivity index (χ1v) is 10.1. The van der Waals surface area contributed by atoms with E-state index in [1.165, 1.54) is 25.7 Å². The van der Waals surface area contributed by atoms with Gasteiger partial charge in [0.05, 0.1) is 11.8 Å². The number of hydrazone groups is 1. The van der Waals surface area contributed by atoms with Crippen LogP contribution in [-0.2, 0) is 4.79 Å². The Morgan fingerprint density at radius 3 is 2.72 bits per heavy atom. The summed E-state index contributed by atoms with van der Waals surface area (Å²) in [6.45, 7) is 4.14. The predicted molar refractivity (Wildman–Crippen MR) is 106 cm³/mol. The summed E-state index contributed by atoms with van der Waals surface area (Å²) in [6.07, 6.45) is 5.57. The molecule has 0 saturated heterocycles. The lowest BCUT2D eigenvalue weighted by molar-refractivity contribution is -0.115. The summed E-state index contributed by atoms with van der Waals surface area (Å²) in [5, 5.41) is 8.30. The van der Waals surface area contributed by atoms with E-state index in [1.807, 2.05) is 31.2 Å². The van der Waals surface area contributed by atoms with Crippen molar-refractivity contribution in [2.75, 3.05) is 11.1 Å². The van der Waals surface area contributed by atoms with Crippen LogP contribution in [0.25, 0.3) is 0 Å². The lowest BCUT2D eigenvalue weighted by atomic mass is 9.86. The molecule has 1 aromatic rings. The molecule has 0 aromatic heterocycles. The molecule has 0 unspecified atom stereocenters. The number of nitrogens with zero attached hydrogens (tertiary/aromatic N) is 2. The number of benzene rings is 1. The zero-order valence-electron chi connectivity index (χ0n) is 14.9. The number of hydrogen-bond donors (Lipinski definition) is 2. The van der Waals surface area contributed by atoms with Crippen molar-refractivity contribution in [1.29, 1.82) is 0 Å². The van der Waals surface area contributed by atoms with Crippen LogP contribution >= 0.6 is 11.8 Å². The summed E-state index contributed by atoms with van der Waals surface area (Å²) in [4.78, 5) is 16.3. The highest BCUT2D eigenvalue weighted by atomic mass is 32.2. The molecule has 1 aliphatic heterocycles. The Balaban J connectivity index is 1.61. The molecule has 0 spiro atoms. The van der Waals surface area contributed by atoms with Crippen molar-refractivity contribution in [3.63, 3.8) is 0 Å². The van der Waals surface area contributed by atoms with E-state index in [1.54, 1.807) is 11.8 Å². The maximum Gasteiger partial charge on any atom is 0.224 e. The predicted octanol–water partition coefficient (Wildman–Crippen LogP) is 4.01. The number of aliphatic imine (C=N–C) groups is 1. The van der Waals surface area contributed by atoms with Crippen molar-refractivity contribution in [1.82, 2.24) is 5.43 Å². The first kappa shape index (κ1) is 18.0. The molecular weight excluding hydrogens is 332 g/mol. The van der Waals surface area contributed by atoms with Crippen LogP contribution < -0.4 is 10.7 Å². The molecule has 134 valence electrons. The Labute approximate surface area is 153 Å². The third kappa shape index (κ3) is 4.84. The number of amides is 1. The van der Waals surface area contributed by atoms with Crippen LogP contribution in [0.1, 0.15) is 51.5 Å². The smallest absolute Gasteiger partial charge is 0.224 e. The number of anilines is 1. The average Bonchev–Trinajstić information content (AvgIpc) is 2.65. The molecule has 25 heavy (non-hydrogen) atoms. The molecule has 5 nitrogen and oxygen atoms in total. The molecule has 1 heterocycles. The van der Waals surface area contributed by atoms with Crippen LogP contribution in [0.2, 0.25) is 0 Å². The van der Waals surface area contributed by atoms with Gasteiger partial charge in [0.15, 0.2) is 5.17 Å². The normalized spacial score (nSPS) is 25.2. The SMILES string of the molecule is CCC(=O)Nc1ccc(C2=NNC(=N[C@@H]3CCCC[C@H]3C)SC2)cc1. The maximum atomic E-state index is 11.4. The van der Waals surface area contributed by atoms with E-state index in [4.69, 9.17) is 4.99 Å². The van der Waals surface area contributed by atoms with Crippen molar-refractivity contribution in [2.24, 2.45) is 16.0 Å². The van der Waals surface area contributed by atoms with Crippen LogP contribution in [0.4, 0.5) is 5.69 Å². The van der Waals surface area contributed by atoms with Crippen molar-refractivity contribution >= 4 is 34.2 Å². The standard InChI is InChI=1S/C19H26N4OS/c1-3-18(24)20-15-10-8-14(9-11-15)17-12-25-19(23-22-17)21-16-7-5-4-6-13(16)2/h8-11,13,16H,3-7,12H2,1-2H3,(H,20,24)(H,21,23)/t13-,16-/m1/s1. The molecule has 2 atom stereocenters. The number of carbonyl (C=O) groups is 1. The van der Waals surface area contributed by atoms with E-state index in [9.17, 15) is 4.79 Å². The number of hydrogen-bond acceptors (Lipinski definition) is 4. The third-order valence-electron chi connectivity index (χ3n) is 4.80. The molecule has 0 radical (unpaired) electrons. The highest BCUT2D eigenvalue weighted by Crippen LogP contribution is 2.27. The molecule has 2 N–H and O–H groups in total. The summed E-state index contributed by atoms with van der Waals surface area (Å²) in [6, 6.07) is 8.27. The number of thioether (sulfide) groups is 1. The zero-order chi connectivity index (χ0) is 17.6. The van der Waals surface area contributed by atoms with Crippen LogP contribution in [0, 0.1) is 5.92 Å². The van der Waals surface area contributed by atoms with Gasteiger partial charge in [0.1, 0.15) is 0 Å². The first-order chi connectivity index (χ1) is 12.2. The molecule has 2 aliphatic rings. The van der Waals surface area contributed by atoms with Crippen LogP contribution in [0.5, 0.6) is 0 Å². The lowest BCUT2D eigenvalue weighted by Gasteiger charge is -2.26. The van der Waals surface area contributed by atoms with Crippen molar-refractivity contribution in [2.45, 2.75) is 52.0 Å².